The first-order chi connectivity index (χ1) is 8.72. The first-order valence-corrected chi connectivity index (χ1v) is 7.46. The van der Waals surface area contributed by atoms with Crippen molar-refractivity contribution in [3.8, 4) is 0 Å². The van der Waals surface area contributed by atoms with Gasteiger partial charge in [0.1, 0.15) is 5.60 Å². The Hall–Kier alpha value is -0.770. The van der Waals surface area contributed by atoms with E-state index < -0.39 is 11.2 Å². The van der Waals surface area contributed by atoms with Crippen LogP contribution in [0.2, 0.25) is 0 Å². The van der Waals surface area contributed by atoms with Crippen LogP contribution in [0.1, 0.15) is 72.1 Å². The average molecular weight is 269 g/mol. The van der Waals surface area contributed by atoms with Crippen LogP contribution < -0.4 is 5.32 Å². The van der Waals surface area contributed by atoms with Crippen LogP contribution in [0.3, 0.4) is 0 Å². The van der Waals surface area contributed by atoms with Crippen LogP contribution in [-0.2, 0) is 4.74 Å². The molecule has 0 aromatic rings. The van der Waals surface area contributed by atoms with Crippen molar-refractivity contribution >= 4 is 6.09 Å². The number of aliphatic hydroxyl groups is 1. The van der Waals surface area contributed by atoms with Gasteiger partial charge in [0, 0.05) is 5.54 Å². The van der Waals surface area contributed by atoms with E-state index in [1.165, 1.54) is 0 Å². The zero-order chi connectivity index (χ0) is 14.1. The molecule has 2 saturated carbocycles. The Bertz CT molecular complexity index is 336. The number of rotatable bonds is 4. The Labute approximate surface area is 115 Å². The molecule has 0 saturated heterocycles. The van der Waals surface area contributed by atoms with Gasteiger partial charge in [0.05, 0.1) is 5.60 Å². The van der Waals surface area contributed by atoms with Crippen molar-refractivity contribution in [2.45, 2.75) is 88.9 Å². The summed E-state index contributed by atoms with van der Waals surface area (Å²) in [6.07, 6.45) is 7.46. The molecular formula is C15H27NO3. The van der Waals surface area contributed by atoms with E-state index in [9.17, 15) is 9.90 Å². The lowest BCUT2D eigenvalue weighted by molar-refractivity contribution is 0.0428. The van der Waals surface area contributed by atoms with Gasteiger partial charge in [-0.25, -0.2) is 4.79 Å². The van der Waals surface area contributed by atoms with E-state index in [1.807, 2.05) is 20.8 Å². The maximum absolute atomic E-state index is 12.0. The average Bonchev–Trinajstić information content (AvgIpc) is 2.82. The van der Waals surface area contributed by atoms with Crippen LogP contribution in [0.25, 0.3) is 0 Å². The minimum absolute atomic E-state index is 0.152. The van der Waals surface area contributed by atoms with Crippen LogP contribution in [0, 0.1) is 0 Å². The van der Waals surface area contributed by atoms with Gasteiger partial charge in [0.25, 0.3) is 0 Å². The Morgan fingerprint density at radius 1 is 1.16 bits per heavy atom. The molecular weight excluding hydrogens is 242 g/mol. The van der Waals surface area contributed by atoms with Crippen LogP contribution in [0.5, 0.6) is 0 Å². The van der Waals surface area contributed by atoms with Gasteiger partial charge < -0.3 is 15.2 Å². The van der Waals surface area contributed by atoms with Gasteiger partial charge in [-0.15, -0.1) is 0 Å². The SMILES string of the molecule is CC(C)(C)OC(=O)NC1(CCC2(O)CC2)CCCC1. The normalized spacial score (nSPS) is 24.0. The molecule has 4 nitrogen and oxygen atoms in total. The van der Waals surface area contributed by atoms with Gasteiger partial charge in [-0.2, -0.15) is 0 Å². The summed E-state index contributed by atoms with van der Waals surface area (Å²) in [6.45, 7) is 5.63. The zero-order valence-corrected chi connectivity index (χ0v) is 12.4. The highest BCUT2D eigenvalue weighted by molar-refractivity contribution is 5.68. The van der Waals surface area contributed by atoms with Crippen LogP contribution in [-0.4, -0.2) is 27.9 Å². The fourth-order valence-corrected chi connectivity index (χ4v) is 2.88. The van der Waals surface area contributed by atoms with Gasteiger partial charge in [0.15, 0.2) is 0 Å². The van der Waals surface area contributed by atoms with E-state index in [0.717, 1.165) is 51.4 Å². The number of nitrogens with one attached hydrogen (secondary N) is 1. The lowest BCUT2D eigenvalue weighted by Gasteiger charge is -2.32. The highest BCUT2D eigenvalue weighted by Gasteiger charge is 2.44. The highest BCUT2D eigenvalue weighted by Crippen LogP contribution is 2.43. The molecule has 0 atom stereocenters. The second-order valence-corrected chi connectivity index (χ2v) is 7.34. The molecule has 0 aromatic carbocycles. The van der Waals surface area contributed by atoms with Crippen LogP contribution >= 0.6 is 0 Å². The first kappa shape index (κ1) is 14.6. The summed E-state index contributed by atoms with van der Waals surface area (Å²) in [7, 11) is 0. The summed E-state index contributed by atoms with van der Waals surface area (Å²) in [5, 5.41) is 13.1. The minimum atomic E-state index is -0.460. The molecule has 2 aliphatic rings. The number of amides is 1. The Balaban J connectivity index is 1.89. The maximum atomic E-state index is 12.0. The van der Waals surface area contributed by atoms with Crippen molar-refractivity contribution < 1.29 is 14.6 Å². The summed E-state index contributed by atoms with van der Waals surface area (Å²) < 4.78 is 5.36. The number of ether oxygens (including phenoxy) is 1. The monoisotopic (exact) mass is 269 g/mol. The van der Waals surface area contributed by atoms with Gasteiger partial charge in [0.2, 0.25) is 0 Å². The molecule has 110 valence electrons. The van der Waals surface area contributed by atoms with Crippen molar-refractivity contribution in [1.82, 2.24) is 5.32 Å². The molecule has 1 amide bonds. The highest BCUT2D eigenvalue weighted by atomic mass is 16.6. The predicted molar refractivity (Wildman–Crippen MR) is 74.0 cm³/mol. The maximum Gasteiger partial charge on any atom is 0.408 e. The largest absolute Gasteiger partial charge is 0.444 e. The van der Waals surface area contributed by atoms with Gasteiger partial charge in [-0.3, -0.25) is 0 Å². The summed E-state index contributed by atoms with van der Waals surface area (Å²) in [5.41, 5.74) is -1.05. The number of carbonyl (C=O) groups is 1. The summed E-state index contributed by atoms with van der Waals surface area (Å²) in [6, 6.07) is 0. The second kappa shape index (κ2) is 4.97. The molecule has 0 unspecified atom stereocenters. The molecule has 0 radical (unpaired) electrons. The molecule has 0 aliphatic heterocycles. The van der Waals surface area contributed by atoms with Gasteiger partial charge in [-0.1, -0.05) is 12.8 Å². The Morgan fingerprint density at radius 2 is 1.74 bits per heavy atom. The molecule has 4 heteroatoms. The van der Waals surface area contributed by atoms with Gasteiger partial charge >= 0.3 is 6.09 Å². The van der Waals surface area contributed by atoms with E-state index in [2.05, 4.69) is 5.32 Å². The molecule has 2 rings (SSSR count). The van der Waals surface area contributed by atoms with E-state index in [4.69, 9.17) is 4.74 Å². The van der Waals surface area contributed by atoms with Crippen LogP contribution in [0.15, 0.2) is 0 Å². The van der Waals surface area contributed by atoms with E-state index in [0.29, 0.717) is 0 Å². The predicted octanol–water partition coefficient (Wildman–Crippen LogP) is 3.13. The quantitative estimate of drug-likeness (QED) is 0.824. The molecule has 0 aromatic heterocycles. The first-order valence-electron chi connectivity index (χ1n) is 7.46. The topological polar surface area (TPSA) is 58.6 Å². The Morgan fingerprint density at radius 3 is 2.21 bits per heavy atom. The zero-order valence-electron chi connectivity index (χ0n) is 12.4. The molecule has 2 fully saturated rings. The molecule has 2 N–H and O–H groups in total. The fraction of sp³-hybridized carbons (Fsp3) is 0.933. The molecule has 19 heavy (non-hydrogen) atoms. The van der Waals surface area contributed by atoms with E-state index >= 15 is 0 Å². The summed E-state index contributed by atoms with van der Waals surface area (Å²) in [4.78, 5) is 12.0. The fourth-order valence-electron chi connectivity index (χ4n) is 2.88. The smallest absolute Gasteiger partial charge is 0.408 e. The minimum Gasteiger partial charge on any atom is -0.444 e. The van der Waals surface area contributed by atoms with Crippen molar-refractivity contribution in [3.63, 3.8) is 0 Å². The Kier molecular flexibility index (Phi) is 3.83. The molecule has 0 heterocycles. The third-order valence-corrected chi connectivity index (χ3v) is 4.22. The van der Waals surface area contributed by atoms with Crippen molar-refractivity contribution in [2.75, 3.05) is 0 Å². The third-order valence-electron chi connectivity index (χ3n) is 4.22. The van der Waals surface area contributed by atoms with Crippen LogP contribution in [0.4, 0.5) is 4.79 Å². The number of alkyl carbamates (subject to hydrolysis) is 1. The van der Waals surface area contributed by atoms with E-state index in [-0.39, 0.29) is 11.6 Å². The number of carbonyl (C=O) groups excluding carboxylic acids is 1. The summed E-state index contributed by atoms with van der Waals surface area (Å²) in [5.74, 6) is 0. The van der Waals surface area contributed by atoms with Gasteiger partial charge in [-0.05, 0) is 59.3 Å². The second-order valence-electron chi connectivity index (χ2n) is 7.34. The van der Waals surface area contributed by atoms with Crippen molar-refractivity contribution in [1.29, 1.82) is 0 Å². The number of hydrogen-bond acceptors (Lipinski definition) is 3. The lowest BCUT2D eigenvalue weighted by atomic mass is 9.89. The summed E-state index contributed by atoms with van der Waals surface area (Å²) >= 11 is 0. The van der Waals surface area contributed by atoms with Crippen molar-refractivity contribution in [3.05, 3.63) is 0 Å². The van der Waals surface area contributed by atoms with Crippen molar-refractivity contribution in [2.24, 2.45) is 0 Å². The standard InChI is InChI=1S/C15H27NO3/c1-13(2,3)19-12(17)16-14(6-4-5-7-14)8-9-15(18)10-11-15/h18H,4-11H2,1-3H3,(H,16,17). The lowest BCUT2D eigenvalue weighted by Crippen LogP contribution is -2.48. The van der Waals surface area contributed by atoms with E-state index in [1.54, 1.807) is 0 Å². The third kappa shape index (κ3) is 4.37. The molecule has 2 aliphatic carbocycles. The molecule has 0 spiro atoms. The molecule has 0 bridgehead atoms. The number of hydrogen-bond donors (Lipinski definition) is 2.